The summed E-state index contributed by atoms with van der Waals surface area (Å²) in [5.74, 6) is -1.31. The van der Waals surface area contributed by atoms with E-state index >= 15 is 0 Å². The topological polar surface area (TPSA) is 98.0 Å². The van der Waals surface area contributed by atoms with E-state index in [1.807, 2.05) is 19.9 Å². The number of aliphatic hydroxyl groups excluding tert-OH is 1. The normalized spacial score (nSPS) is 11.8. The molecule has 5 nitrogen and oxygen atoms in total. The predicted molar refractivity (Wildman–Crippen MR) is 95.1 cm³/mol. The zero-order valence-corrected chi connectivity index (χ0v) is 14.2. The molecule has 5 heteroatoms. The van der Waals surface area contributed by atoms with E-state index < -0.39 is 11.9 Å². The molecule has 0 saturated carbocycles. The minimum absolute atomic E-state index is 0.0374. The first-order valence-electron chi connectivity index (χ1n) is 7.97. The molecule has 2 aromatic carbocycles. The van der Waals surface area contributed by atoms with E-state index in [2.05, 4.69) is 0 Å². The number of allylic oxidation sites excluding steroid dienone is 2. The van der Waals surface area contributed by atoms with Gasteiger partial charge in [0.1, 0.15) is 11.9 Å². The second kappa shape index (κ2) is 7.85. The van der Waals surface area contributed by atoms with Crippen molar-refractivity contribution in [3.05, 3.63) is 64.7 Å². The van der Waals surface area contributed by atoms with Crippen molar-refractivity contribution in [3.63, 3.8) is 0 Å². The SMILES string of the molecule is CC(C)=CCc1cccc(C(=O)C(O)Cc2ccc(O)c(O)c2)c1O. The average molecular weight is 342 g/mol. The highest BCUT2D eigenvalue weighted by Crippen LogP contribution is 2.28. The van der Waals surface area contributed by atoms with Crippen LogP contribution in [0.4, 0.5) is 0 Å². The van der Waals surface area contributed by atoms with Gasteiger partial charge < -0.3 is 20.4 Å². The lowest BCUT2D eigenvalue weighted by Crippen LogP contribution is -2.23. The summed E-state index contributed by atoms with van der Waals surface area (Å²) in [6, 6.07) is 8.96. The van der Waals surface area contributed by atoms with Gasteiger partial charge in [0.05, 0.1) is 5.56 Å². The molecule has 0 aliphatic heterocycles. The monoisotopic (exact) mass is 342 g/mol. The maximum atomic E-state index is 12.5. The highest BCUT2D eigenvalue weighted by molar-refractivity contribution is 6.02. The molecule has 1 atom stereocenters. The van der Waals surface area contributed by atoms with Gasteiger partial charge in [0.2, 0.25) is 0 Å². The molecule has 0 spiro atoms. The smallest absolute Gasteiger partial charge is 0.195 e. The number of phenols is 3. The van der Waals surface area contributed by atoms with E-state index in [0.717, 1.165) is 5.57 Å². The van der Waals surface area contributed by atoms with Crippen LogP contribution in [0.25, 0.3) is 0 Å². The van der Waals surface area contributed by atoms with Crippen LogP contribution in [0.2, 0.25) is 0 Å². The Bertz CT molecular complexity index is 804. The molecule has 2 rings (SSSR count). The Hall–Kier alpha value is -2.79. The Morgan fingerprint density at radius 1 is 1.08 bits per heavy atom. The van der Waals surface area contributed by atoms with Crippen LogP contribution in [0, 0.1) is 0 Å². The van der Waals surface area contributed by atoms with Crippen molar-refractivity contribution in [3.8, 4) is 17.2 Å². The lowest BCUT2D eigenvalue weighted by molar-refractivity contribution is 0.0744. The number of Topliss-reactive ketones (excluding diaryl/α,β-unsaturated/α-hetero) is 1. The van der Waals surface area contributed by atoms with Crippen molar-refractivity contribution in [2.24, 2.45) is 0 Å². The number of aliphatic hydroxyl groups is 1. The summed E-state index contributed by atoms with van der Waals surface area (Å²) in [4.78, 5) is 12.5. The predicted octanol–water partition coefficient (Wildman–Crippen LogP) is 3.10. The Morgan fingerprint density at radius 3 is 2.44 bits per heavy atom. The summed E-state index contributed by atoms with van der Waals surface area (Å²) in [6.45, 7) is 3.89. The van der Waals surface area contributed by atoms with Crippen molar-refractivity contribution in [1.82, 2.24) is 0 Å². The molecule has 2 aromatic rings. The van der Waals surface area contributed by atoms with Crippen LogP contribution in [0.5, 0.6) is 17.2 Å². The van der Waals surface area contributed by atoms with Crippen LogP contribution in [0.3, 0.4) is 0 Å². The number of ketones is 1. The quantitative estimate of drug-likeness (QED) is 0.367. The summed E-state index contributed by atoms with van der Waals surface area (Å²) in [6.07, 6.45) is 1.04. The molecule has 0 aliphatic carbocycles. The number of benzene rings is 2. The number of rotatable bonds is 6. The Balaban J connectivity index is 2.20. The summed E-state index contributed by atoms with van der Waals surface area (Å²) >= 11 is 0. The second-order valence-corrected chi connectivity index (χ2v) is 6.21. The van der Waals surface area contributed by atoms with Gasteiger partial charge in [-0.25, -0.2) is 0 Å². The summed E-state index contributed by atoms with van der Waals surface area (Å²) < 4.78 is 0. The molecule has 0 amide bonds. The van der Waals surface area contributed by atoms with Crippen LogP contribution in [-0.4, -0.2) is 32.3 Å². The fraction of sp³-hybridized carbons (Fsp3) is 0.250. The van der Waals surface area contributed by atoms with Gasteiger partial charge in [0.15, 0.2) is 17.3 Å². The van der Waals surface area contributed by atoms with E-state index in [1.165, 1.54) is 24.3 Å². The second-order valence-electron chi connectivity index (χ2n) is 6.21. The van der Waals surface area contributed by atoms with Gasteiger partial charge in [0, 0.05) is 6.42 Å². The fourth-order valence-electron chi connectivity index (χ4n) is 2.46. The first-order chi connectivity index (χ1) is 11.8. The van der Waals surface area contributed by atoms with Gasteiger partial charge in [-0.2, -0.15) is 0 Å². The third kappa shape index (κ3) is 4.61. The van der Waals surface area contributed by atoms with Crippen LogP contribution in [-0.2, 0) is 12.8 Å². The van der Waals surface area contributed by atoms with Gasteiger partial charge in [-0.3, -0.25) is 4.79 Å². The number of carbonyl (C=O) groups is 1. The molecule has 0 aliphatic rings. The van der Waals surface area contributed by atoms with Gasteiger partial charge in [-0.15, -0.1) is 0 Å². The standard InChI is InChI=1S/C20H22O5/c1-12(2)6-8-14-4-3-5-15(19(14)24)20(25)18(23)11-13-7-9-16(21)17(22)10-13/h3-7,9-10,18,21-24H,8,11H2,1-2H3. The zero-order valence-electron chi connectivity index (χ0n) is 14.2. The Labute approximate surface area is 146 Å². The summed E-state index contributed by atoms with van der Waals surface area (Å²) in [5, 5.41) is 39.3. The van der Waals surface area contributed by atoms with Crippen molar-refractivity contribution in [1.29, 1.82) is 0 Å². The molecule has 0 radical (unpaired) electrons. The van der Waals surface area contributed by atoms with Gasteiger partial charge in [-0.1, -0.05) is 29.8 Å². The van der Waals surface area contributed by atoms with E-state index in [9.17, 15) is 25.2 Å². The van der Waals surface area contributed by atoms with E-state index in [0.29, 0.717) is 17.5 Å². The largest absolute Gasteiger partial charge is 0.507 e. The molecule has 132 valence electrons. The number of hydrogen-bond donors (Lipinski definition) is 4. The highest BCUT2D eigenvalue weighted by Gasteiger charge is 2.22. The maximum absolute atomic E-state index is 12.5. The first-order valence-corrected chi connectivity index (χ1v) is 7.97. The minimum atomic E-state index is -1.37. The number of carbonyl (C=O) groups excluding carboxylic acids is 1. The molecule has 4 N–H and O–H groups in total. The minimum Gasteiger partial charge on any atom is -0.507 e. The zero-order chi connectivity index (χ0) is 18.6. The first kappa shape index (κ1) is 18.5. The molecular formula is C20H22O5. The Morgan fingerprint density at radius 2 is 1.80 bits per heavy atom. The number of phenolic OH excluding ortho intramolecular Hbond substituents is 3. The van der Waals surface area contributed by atoms with Crippen LogP contribution >= 0.6 is 0 Å². The fourth-order valence-corrected chi connectivity index (χ4v) is 2.46. The number of aromatic hydroxyl groups is 3. The molecule has 25 heavy (non-hydrogen) atoms. The molecule has 1 unspecified atom stereocenters. The van der Waals surface area contributed by atoms with Gasteiger partial charge in [0.25, 0.3) is 0 Å². The highest BCUT2D eigenvalue weighted by atomic mass is 16.3. The third-order valence-corrected chi connectivity index (χ3v) is 3.89. The number of para-hydroxylation sites is 1. The van der Waals surface area contributed by atoms with Crippen LogP contribution in [0.1, 0.15) is 35.3 Å². The van der Waals surface area contributed by atoms with Crippen molar-refractivity contribution in [2.75, 3.05) is 0 Å². The van der Waals surface area contributed by atoms with E-state index in [1.54, 1.807) is 12.1 Å². The lowest BCUT2D eigenvalue weighted by Gasteiger charge is -2.13. The summed E-state index contributed by atoms with van der Waals surface area (Å²) in [5.41, 5.74) is 2.27. The Kier molecular flexibility index (Phi) is 5.83. The van der Waals surface area contributed by atoms with E-state index in [-0.39, 0.29) is 29.2 Å². The molecular weight excluding hydrogens is 320 g/mol. The van der Waals surface area contributed by atoms with Crippen molar-refractivity contribution >= 4 is 5.78 Å². The molecule has 0 aromatic heterocycles. The maximum Gasteiger partial charge on any atom is 0.195 e. The molecule has 0 saturated heterocycles. The lowest BCUT2D eigenvalue weighted by atomic mass is 9.96. The average Bonchev–Trinajstić information content (AvgIpc) is 2.56. The molecule has 0 fully saturated rings. The van der Waals surface area contributed by atoms with Crippen LogP contribution in [0.15, 0.2) is 48.0 Å². The number of hydrogen-bond acceptors (Lipinski definition) is 5. The van der Waals surface area contributed by atoms with Gasteiger partial charge >= 0.3 is 0 Å². The van der Waals surface area contributed by atoms with Gasteiger partial charge in [-0.05, 0) is 49.6 Å². The molecule has 0 bridgehead atoms. The van der Waals surface area contributed by atoms with Crippen molar-refractivity contribution in [2.45, 2.75) is 32.8 Å². The molecule has 0 heterocycles. The van der Waals surface area contributed by atoms with E-state index in [4.69, 9.17) is 0 Å². The van der Waals surface area contributed by atoms with Crippen LogP contribution < -0.4 is 0 Å². The third-order valence-electron chi connectivity index (χ3n) is 3.89. The van der Waals surface area contributed by atoms with Crippen molar-refractivity contribution < 1.29 is 25.2 Å². The summed E-state index contributed by atoms with van der Waals surface area (Å²) in [7, 11) is 0.